The van der Waals surface area contributed by atoms with Crippen molar-refractivity contribution < 1.29 is 36.3 Å². The number of anilines is 2. The number of benzene rings is 2. The Morgan fingerprint density at radius 2 is 1.61 bits per heavy atom. The van der Waals surface area contributed by atoms with Crippen LogP contribution in [-0.4, -0.2) is 35.3 Å². The van der Waals surface area contributed by atoms with Crippen LogP contribution in [0.2, 0.25) is 0 Å². The third-order valence-electron chi connectivity index (χ3n) is 4.85. The number of ether oxygens (including phenoxy) is 1. The zero-order chi connectivity index (χ0) is 26.6. The highest BCUT2D eigenvalue weighted by molar-refractivity contribution is 8.16. The van der Waals surface area contributed by atoms with Crippen molar-refractivity contribution in [1.29, 1.82) is 0 Å². The Kier molecular flexibility index (Phi) is 8.56. The highest BCUT2D eigenvalue weighted by atomic mass is 32.2. The molecule has 2 amide bonds. The van der Waals surface area contributed by atoms with Gasteiger partial charge >= 0.3 is 0 Å². The molecule has 0 aliphatic carbocycles. The van der Waals surface area contributed by atoms with Gasteiger partial charge in [0.2, 0.25) is 11.7 Å². The summed E-state index contributed by atoms with van der Waals surface area (Å²) in [4.78, 5) is 30.2. The lowest BCUT2D eigenvalue weighted by atomic mass is 10.1. The van der Waals surface area contributed by atoms with Gasteiger partial charge in [-0.15, -0.1) is 0 Å². The third kappa shape index (κ3) is 5.30. The SMILES string of the molecule is CCCN=C1S[C@@H](C(=O)Nc2c(F)c(F)c(F)c(F)c2F)C(N)=C1C(=O)Nc1ccccc1OCC. The number of nitrogens with one attached hydrogen (secondary N) is 2. The van der Waals surface area contributed by atoms with E-state index in [1.807, 2.05) is 6.92 Å². The van der Waals surface area contributed by atoms with E-state index in [1.165, 1.54) is 0 Å². The minimum atomic E-state index is -2.36. The molecule has 1 aliphatic heterocycles. The molecule has 1 atom stereocenters. The molecule has 192 valence electrons. The number of halogens is 5. The Morgan fingerprint density at radius 3 is 2.22 bits per heavy atom. The van der Waals surface area contributed by atoms with E-state index in [-0.39, 0.29) is 22.9 Å². The molecular weight excluding hydrogens is 507 g/mol. The molecule has 0 unspecified atom stereocenters. The second-order valence-corrected chi connectivity index (χ2v) is 8.43. The number of amides is 2. The lowest BCUT2D eigenvalue weighted by molar-refractivity contribution is -0.115. The fourth-order valence-corrected chi connectivity index (χ4v) is 4.31. The highest BCUT2D eigenvalue weighted by Crippen LogP contribution is 2.36. The van der Waals surface area contributed by atoms with Crippen LogP contribution in [0, 0.1) is 29.1 Å². The van der Waals surface area contributed by atoms with Crippen LogP contribution >= 0.6 is 11.8 Å². The van der Waals surface area contributed by atoms with Crippen LogP contribution in [0.1, 0.15) is 20.3 Å². The summed E-state index contributed by atoms with van der Waals surface area (Å²) >= 11 is 0.711. The fraction of sp³-hybridized carbons (Fsp3) is 0.261. The average molecular weight is 529 g/mol. The van der Waals surface area contributed by atoms with Crippen LogP contribution in [0.3, 0.4) is 0 Å². The van der Waals surface area contributed by atoms with Crippen molar-refractivity contribution in [2.24, 2.45) is 10.7 Å². The average Bonchev–Trinajstić information content (AvgIpc) is 3.20. The molecule has 36 heavy (non-hydrogen) atoms. The molecule has 0 aromatic heterocycles. The predicted molar refractivity (Wildman–Crippen MR) is 126 cm³/mol. The third-order valence-corrected chi connectivity index (χ3v) is 6.11. The van der Waals surface area contributed by atoms with Crippen LogP contribution in [0.5, 0.6) is 5.75 Å². The largest absolute Gasteiger partial charge is 0.492 e. The normalized spacial score (nSPS) is 16.4. The number of hydrogen-bond donors (Lipinski definition) is 3. The smallest absolute Gasteiger partial charge is 0.260 e. The number of carbonyl (C=O) groups is 2. The van der Waals surface area contributed by atoms with E-state index in [0.717, 1.165) is 0 Å². The molecule has 1 heterocycles. The molecular formula is C23H21F5N4O3S. The number of hydrogen-bond acceptors (Lipinski definition) is 6. The van der Waals surface area contributed by atoms with Crippen molar-refractivity contribution >= 4 is 40.0 Å². The van der Waals surface area contributed by atoms with Crippen LogP contribution in [0.15, 0.2) is 40.5 Å². The van der Waals surface area contributed by atoms with E-state index in [9.17, 15) is 31.5 Å². The Balaban J connectivity index is 1.95. The number of thioether (sulfide) groups is 1. The van der Waals surface area contributed by atoms with Gasteiger partial charge in [-0.3, -0.25) is 14.6 Å². The van der Waals surface area contributed by atoms with Gasteiger partial charge in [0, 0.05) is 12.2 Å². The van der Waals surface area contributed by atoms with Crippen molar-refractivity contribution in [2.75, 3.05) is 23.8 Å². The molecule has 4 N–H and O–H groups in total. The molecule has 13 heteroatoms. The molecule has 0 bridgehead atoms. The maximum atomic E-state index is 14.1. The summed E-state index contributed by atoms with van der Waals surface area (Å²) in [6.45, 7) is 4.18. The lowest BCUT2D eigenvalue weighted by Gasteiger charge is -2.14. The van der Waals surface area contributed by atoms with Crippen LogP contribution < -0.4 is 21.1 Å². The van der Waals surface area contributed by atoms with Gasteiger partial charge in [0.15, 0.2) is 23.3 Å². The second-order valence-electron chi connectivity index (χ2n) is 7.33. The molecule has 3 rings (SSSR count). The Bertz CT molecular complexity index is 1240. The van der Waals surface area contributed by atoms with Crippen molar-refractivity contribution in [1.82, 2.24) is 0 Å². The number of carbonyl (C=O) groups excluding carboxylic acids is 2. The van der Waals surface area contributed by atoms with Crippen molar-refractivity contribution in [3.05, 3.63) is 64.6 Å². The Hall–Kier alpha value is -3.61. The van der Waals surface area contributed by atoms with Crippen molar-refractivity contribution in [3.63, 3.8) is 0 Å². The lowest BCUT2D eigenvalue weighted by Crippen LogP contribution is -2.30. The molecule has 0 saturated heterocycles. The van der Waals surface area contributed by atoms with Gasteiger partial charge in [0.25, 0.3) is 5.91 Å². The molecule has 0 saturated carbocycles. The number of nitrogens with zero attached hydrogens (tertiary/aromatic N) is 1. The van der Waals surface area contributed by atoms with Crippen LogP contribution in [0.4, 0.5) is 33.3 Å². The number of aliphatic imine (C=N–C) groups is 1. The topological polar surface area (TPSA) is 106 Å². The first-order valence-electron chi connectivity index (χ1n) is 10.7. The van der Waals surface area contributed by atoms with E-state index in [1.54, 1.807) is 36.5 Å². The monoisotopic (exact) mass is 528 g/mol. The van der Waals surface area contributed by atoms with Crippen molar-refractivity contribution in [2.45, 2.75) is 25.5 Å². The van der Waals surface area contributed by atoms with E-state index >= 15 is 0 Å². The molecule has 1 aliphatic rings. The van der Waals surface area contributed by atoms with Gasteiger partial charge in [-0.1, -0.05) is 30.8 Å². The standard InChI is InChI=1S/C23H21F5N4O3S/c1-3-9-30-23-12(21(33)31-10-7-5-6-8-11(10)35-4-2)18(29)20(36-23)22(34)32-19-16(27)14(25)13(24)15(26)17(19)28/h5-8,20H,3-4,9,29H2,1-2H3,(H,31,33)(H,32,34)/t20-/m1/s1. The summed E-state index contributed by atoms with van der Waals surface area (Å²) < 4.78 is 74.0. The van der Waals surface area contributed by atoms with Gasteiger partial charge in [-0.05, 0) is 25.5 Å². The predicted octanol–water partition coefficient (Wildman–Crippen LogP) is 4.49. The summed E-state index contributed by atoms with van der Waals surface area (Å²) in [6.07, 6.45) is 0.591. The van der Waals surface area contributed by atoms with E-state index in [4.69, 9.17) is 10.5 Å². The quantitative estimate of drug-likeness (QED) is 0.266. The molecule has 0 spiro atoms. The van der Waals surface area contributed by atoms with Gasteiger partial charge in [-0.2, -0.15) is 0 Å². The number of para-hydroxylation sites is 2. The second kappa shape index (κ2) is 11.4. The Labute approximate surface area is 207 Å². The van der Waals surface area contributed by atoms with Crippen LogP contribution in [0.25, 0.3) is 0 Å². The first-order chi connectivity index (χ1) is 17.1. The summed E-state index contributed by atoms with van der Waals surface area (Å²) in [7, 11) is 0. The van der Waals surface area contributed by atoms with E-state index < -0.39 is 51.8 Å². The van der Waals surface area contributed by atoms with Gasteiger partial charge in [-0.25, -0.2) is 22.0 Å². The van der Waals surface area contributed by atoms with Crippen molar-refractivity contribution in [3.8, 4) is 5.75 Å². The maximum Gasteiger partial charge on any atom is 0.260 e. The molecule has 2 aromatic rings. The van der Waals surface area contributed by atoms with Crippen LogP contribution in [-0.2, 0) is 9.59 Å². The summed E-state index contributed by atoms with van der Waals surface area (Å²) in [5, 5.41) is 2.98. The molecule has 7 nitrogen and oxygen atoms in total. The first-order valence-corrected chi connectivity index (χ1v) is 11.6. The zero-order valence-corrected chi connectivity index (χ0v) is 19.9. The maximum absolute atomic E-state index is 14.1. The van der Waals surface area contributed by atoms with Gasteiger partial charge in [0.1, 0.15) is 21.7 Å². The Morgan fingerprint density at radius 1 is 1.00 bits per heavy atom. The minimum Gasteiger partial charge on any atom is -0.492 e. The van der Waals surface area contributed by atoms with Gasteiger partial charge < -0.3 is 21.1 Å². The molecule has 2 aromatic carbocycles. The summed E-state index contributed by atoms with van der Waals surface area (Å²) in [5.74, 6) is -12.8. The number of nitrogens with two attached hydrogens (primary N) is 1. The zero-order valence-electron chi connectivity index (χ0n) is 19.1. The van der Waals surface area contributed by atoms with Gasteiger partial charge in [0.05, 0.1) is 17.9 Å². The van der Waals surface area contributed by atoms with E-state index in [0.29, 0.717) is 36.2 Å². The highest BCUT2D eigenvalue weighted by Gasteiger charge is 2.39. The molecule has 0 fully saturated rings. The molecule has 0 radical (unpaired) electrons. The first kappa shape index (κ1) is 27.0. The summed E-state index contributed by atoms with van der Waals surface area (Å²) in [6, 6.07) is 6.57. The summed E-state index contributed by atoms with van der Waals surface area (Å²) in [5.41, 5.74) is 4.41. The minimum absolute atomic E-state index is 0.0818. The van der Waals surface area contributed by atoms with E-state index in [2.05, 4.69) is 10.3 Å². The number of rotatable bonds is 8. The fourth-order valence-electron chi connectivity index (χ4n) is 3.18.